The summed E-state index contributed by atoms with van der Waals surface area (Å²) in [5, 5.41) is 11.8. The van der Waals surface area contributed by atoms with Crippen molar-refractivity contribution in [1.82, 2.24) is 20.5 Å². The quantitative estimate of drug-likeness (QED) is 0.910. The number of aromatic amines is 1. The third-order valence-corrected chi connectivity index (χ3v) is 3.99. The fourth-order valence-electron chi connectivity index (χ4n) is 1.79. The third kappa shape index (κ3) is 3.25. The van der Waals surface area contributed by atoms with Crippen molar-refractivity contribution in [3.8, 4) is 0 Å². The molecule has 2 heterocycles. The Bertz CT molecular complexity index is 568. The molecular weight excluding hydrogens is 272 g/mol. The van der Waals surface area contributed by atoms with Gasteiger partial charge in [-0.3, -0.25) is 9.89 Å². The molecule has 0 fully saturated rings. The van der Waals surface area contributed by atoms with E-state index in [1.807, 2.05) is 45.2 Å². The second kappa shape index (κ2) is 5.75. The predicted molar refractivity (Wildman–Crippen MR) is 79.9 cm³/mol. The smallest absolute Gasteiger partial charge is 0.291 e. The number of nitrogens with one attached hydrogen (secondary N) is 2. The molecular formula is C14H20N4OS. The van der Waals surface area contributed by atoms with Crippen LogP contribution < -0.4 is 5.32 Å². The summed E-state index contributed by atoms with van der Waals surface area (Å²) in [6, 6.07) is 4.02. The highest BCUT2D eigenvalue weighted by molar-refractivity contribution is 7.10. The molecule has 6 heteroatoms. The number of aromatic nitrogens is 3. The molecule has 1 unspecified atom stereocenters. The molecule has 0 bridgehead atoms. The van der Waals surface area contributed by atoms with E-state index in [9.17, 15) is 4.79 Å². The molecule has 1 amide bonds. The van der Waals surface area contributed by atoms with Gasteiger partial charge in [0.05, 0.1) is 6.04 Å². The number of hydrogen-bond donors (Lipinski definition) is 2. The lowest BCUT2D eigenvalue weighted by Crippen LogP contribution is -2.28. The maximum atomic E-state index is 12.2. The molecule has 0 saturated carbocycles. The summed E-state index contributed by atoms with van der Waals surface area (Å²) >= 11 is 1.64. The molecule has 0 saturated heterocycles. The Hall–Kier alpha value is -1.69. The molecule has 1 atom stereocenters. The van der Waals surface area contributed by atoms with E-state index < -0.39 is 0 Å². The van der Waals surface area contributed by atoms with Crippen molar-refractivity contribution in [2.75, 3.05) is 0 Å². The minimum Gasteiger partial charge on any atom is -0.342 e. The van der Waals surface area contributed by atoms with Gasteiger partial charge in [0.25, 0.3) is 5.91 Å². The number of amides is 1. The Morgan fingerprint density at radius 3 is 2.75 bits per heavy atom. The van der Waals surface area contributed by atoms with Crippen molar-refractivity contribution in [2.45, 2.75) is 45.6 Å². The van der Waals surface area contributed by atoms with Crippen molar-refractivity contribution >= 4 is 17.2 Å². The molecule has 2 aromatic heterocycles. The number of carbonyl (C=O) groups is 1. The van der Waals surface area contributed by atoms with Crippen LogP contribution in [0.1, 0.15) is 61.5 Å². The SMILES string of the molecule is CCC(NC(=O)c1n[nH]c(C(C)(C)C)n1)c1cccs1. The average molecular weight is 292 g/mol. The number of thiophene rings is 1. The van der Waals surface area contributed by atoms with Crippen LogP contribution in [0, 0.1) is 0 Å². The normalized spacial score (nSPS) is 13.2. The molecule has 2 rings (SSSR count). The van der Waals surface area contributed by atoms with Gasteiger partial charge < -0.3 is 5.32 Å². The van der Waals surface area contributed by atoms with Crippen molar-refractivity contribution in [3.05, 3.63) is 34.0 Å². The van der Waals surface area contributed by atoms with Crippen molar-refractivity contribution in [1.29, 1.82) is 0 Å². The van der Waals surface area contributed by atoms with Crippen LogP contribution in [0.2, 0.25) is 0 Å². The number of hydrogen-bond acceptors (Lipinski definition) is 4. The second-order valence-corrected chi connectivity index (χ2v) is 6.69. The summed E-state index contributed by atoms with van der Waals surface area (Å²) in [6.07, 6.45) is 0.836. The van der Waals surface area contributed by atoms with E-state index in [1.165, 1.54) is 0 Å². The summed E-state index contributed by atoms with van der Waals surface area (Å²) in [4.78, 5) is 17.6. The van der Waals surface area contributed by atoms with Gasteiger partial charge in [-0.15, -0.1) is 16.4 Å². The van der Waals surface area contributed by atoms with Crippen LogP contribution >= 0.6 is 11.3 Å². The topological polar surface area (TPSA) is 70.7 Å². The van der Waals surface area contributed by atoms with Gasteiger partial charge in [-0.25, -0.2) is 4.98 Å². The minimum absolute atomic E-state index is 0.0130. The molecule has 0 aliphatic rings. The molecule has 0 aliphatic heterocycles. The van der Waals surface area contributed by atoms with E-state index in [0.717, 1.165) is 11.3 Å². The van der Waals surface area contributed by atoms with Gasteiger partial charge in [0.15, 0.2) is 0 Å². The van der Waals surface area contributed by atoms with E-state index in [2.05, 4.69) is 20.5 Å². The lowest BCUT2D eigenvalue weighted by molar-refractivity contribution is 0.0926. The van der Waals surface area contributed by atoms with Crippen LogP contribution in [0.15, 0.2) is 17.5 Å². The lowest BCUT2D eigenvalue weighted by atomic mass is 9.96. The fraction of sp³-hybridized carbons (Fsp3) is 0.500. The van der Waals surface area contributed by atoms with Crippen LogP contribution in [-0.2, 0) is 5.41 Å². The van der Waals surface area contributed by atoms with Gasteiger partial charge in [0, 0.05) is 10.3 Å². The molecule has 0 aliphatic carbocycles. The summed E-state index contributed by atoms with van der Waals surface area (Å²) < 4.78 is 0. The van der Waals surface area contributed by atoms with Gasteiger partial charge >= 0.3 is 0 Å². The Morgan fingerprint density at radius 1 is 1.50 bits per heavy atom. The fourth-order valence-corrected chi connectivity index (χ4v) is 2.65. The summed E-state index contributed by atoms with van der Waals surface area (Å²) in [5.74, 6) is 0.675. The van der Waals surface area contributed by atoms with E-state index in [-0.39, 0.29) is 23.2 Å². The zero-order valence-electron chi connectivity index (χ0n) is 12.2. The zero-order valence-corrected chi connectivity index (χ0v) is 13.0. The first-order chi connectivity index (χ1) is 9.41. The van der Waals surface area contributed by atoms with E-state index in [0.29, 0.717) is 5.82 Å². The van der Waals surface area contributed by atoms with Crippen molar-refractivity contribution < 1.29 is 4.79 Å². The molecule has 0 spiro atoms. The Kier molecular flexibility index (Phi) is 4.23. The highest BCUT2D eigenvalue weighted by Crippen LogP contribution is 2.22. The van der Waals surface area contributed by atoms with E-state index in [4.69, 9.17) is 0 Å². The predicted octanol–water partition coefficient (Wildman–Crippen LogP) is 3.04. The molecule has 2 N–H and O–H groups in total. The summed E-state index contributed by atoms with van der Waals surface area (Å²) in [6.45, 7) is 8.12. The van der Waals surface area contributed by atoms with Crippen LogP contribution in [-0.4, -0.2) is 21.1 Å². The number of H-pyrrole nitrogens is 1. The van der Waals surface area contributed by atoms with Gasteiger partial charge in [0.1, 0.15) is 5.82 Å². The second-order valence-electron chi connectivity index (χ2n) is 5.71. The van der Waals surface area contributed by atoms with Gasteiger partial charge in [0.2, 0.25) is 5.82 Å². The van der Waals surface area contributed by atoms with E-state index in [1.54, 1.807) is 11.3 Å². The summed E-state index contributed by atoms with van der Waals surface area (Å²) in [5.41, 5.74) is -0.149. The van der Waals surface area contributed by atoms with Crippen molar-refractivity contribution in [2.24, 2.45) is 0 Å². The third-order valence-electron chi connectivity index (χ3n) is 3.00. The number of rotatable bonds is 4. The van der Waals surface area contributed by atoms with Gasteiger partial charge in [-0.1, -0.05) is 33.8 Å². The average Bonchev–Trinajstić information content (AvgIpc) is 3.04. The highest BCUT2D eigenvalue weighted by Gasteiger charge is 2.22. The van der Waals surface area contributed by atoms with Crippen LogP contribution in [0.5, 0.6) is 0 Å². The van der Waals surface area contributed by atoms with Gasteiger partial charge in [-0.2, -0.15) is 0 Å². The first kappa shape index (κ1) is 14.7. The monoisotopic (exact) mass is 292 g/mol. The van der Waals surface area contributed by atoms with Gasteiger partial charge in [-0.05, 0) is 17.9 Å². The maximum absolute atomic E-state index is 12.2. The summed E-state index contributed by atoms with van der Waals surface area (Å²) in [7, 11) is 0. The van der Waals surface area contributed by atoms with Crippen LogP contribution in [0.3, 0.4) is 0 Å². The largest absolute Gasteiger partial charge is 0.342 e. The first-order valence-electron chi connectivity index (χ1n) is 6.69. The molecule has 108 valence electrons. The Labute approximate surface area is 122 Å². The molecule has 0 aromatic carbocycles. The Balaban J connectivity index is 2.10. The molecule has 20 heavy (non-hydrogen) atoms. The zero-order chi connectivity index (χ0) is 14.8. The number of nitrogens with zero attached hydrogens (tertiary/aromatic N) is 2. The molecule has 5 nitrogen and oxygen atoms in total. The standard InChI is InChI=1S/C14H20N4OS/c1-5-9(10-7-6-8-20-10)15-12(19)11-16-13(18-17-11)14(2,3)4/h6-9H,5H2,1-4H3,(H,15,19)(H,16,17,18). The molecule has 0 radical (unpaired) electrons. The molecule has 2 aromatic rings. The van der Waals surface area contributed by atoms with E-state index >= 15 is 0 Å². The number of carbonyl (C=O) groups excluding carboxylic acids is 1. The highest BCUT2D eigenvalue weighted by atomic mass is 32.1. The van der Waals surface area contributed by atoms with Crippen LogP contribution in [0.4, 0.5) is 0 Å². The van der Waals surface area contributed by atoms with Crippen LogP contribution in [0.25, 0.3) is 0 Å². The Morgan fingerprint density at radius 2 is 2.25 bits per heavy atom. The minimum atomic E-state index is -0.239. The first-order valence-corrected chi connectivity index (χ1v) is 7.57. The lowest BCUT2D eigenvalue weighted by Gasteiger charge is -2.14. The van der Waals surface area contributed by atoms with Crippen molar-refractivity contribution in [3.63, 3.8) is 0 Å². The maximum Gasteiger partial charge on any atom is 0.291 e.